The Kier molecular flexibility index (Phi) is 6.50. The van der Waals surface area contributed by atoms with E-state index in [0.29, 0.717) is 17.8 Å². The molecule has 0 unspecified atom stereocenters. The van der Waals surface area contributed by atoms with Crippen LogP contribution in [0.5, 0.6) is 0 Å². The van der Waals surface area contributed by atoms with Gasteiger partial charge in [-0.05, 0) is 35.4 Å². The van der Waals surface area contributed by atoms with Crippen LogP contribution >= 0.6 is 0 Å². The van der Waals surface area contributed by atoms with Crippen LogP contribution in [-0.4, -0.2) is 20.6 Å². The molecule has 1 amide bonds. The fourth-order valence-corrected chi connectivity index (χ4v) is 3.91. The van der Waals surface area contributed by atoms with Crippen LogP contribution in [0.2, 0.25) is 0 Å². The van der Waals surface area contributed by atoms with Gasteiger partial charge in [-0.3, -0.25) is 9.10 Å². The maximum Gasteiger partial charge on any atom is 0.257 e. The zero-order valence-corrected chi connectivity index (χ0v) is 17.3. The summed E-state index contributed by atoms with van der Waals surface area (Å²) in [5, 5.41) is 11.6. The van der Waals surface area contributed by atoms with Gasteiger partial charge < -0.3 is 5.32 Å². The summed E-state index contributed by atoms with van der Waals surface area (Å²) in [4.78, 5) is 12.9. The van der Waals surface area contributed by atoms with Gasteiger partial charge in [0.1, 0.15) is 0 Å². The lowest BCUT2D eigenvalue weighted by Crippen LogP contribution is -2.31. The lowest BCUT2D eigenvalue weighted by atomic mass is 10.1. The number of carbonyl (C=O) groups is 1. The van der Waals surface area contributed by atoms with E-state index in [4.69, 9.17) is 5.26 Å². The molecule has 6 nitrogen and oxygen atoms in total. The zero-order valence-electron chi connectivity index (χ0n) is 16.4. The molecule has 0 saturated heterocycles. The molecule has 0 aliphatic heterocycles. The Hall–Kier alpha value is -3.63. The van der Waals surface area contributed by atoms with Gasteiger partial charge in [0.25, 0.3) is 5.91 Å². The van der Waals surface area contributed by atoms with Crippen molar-refractivity contribution in [3.05, 3.63) is 95.6 Å². The molecule has 3 rings (SSSR count). The van der Waals surface area contributed by atoms with Crippen molar-refractivity contribution in [3.8, 4) is 6.07 Å². The Morgan fingerprint density at radius 1 is 0.933 bits per heavy atom. The van der Waals surface area contributed by atoms with Crippen LogP contribution < -0.4 is 9.62 Å². The van der Waals surface area contributed by atoms with E-state index in [9.17, 15) is 13.2 Å². The number of hydrogen-bond acceptors (Lipinski definition) is 4. The van der Waals surface area contributed by atoms with Crippen molar-refractivity contribution in [2.75, 3.05) is 15.9 Å². The maximum atomic E-state index is 12.9. The molecule has 0 aliphatic rings. The number of nitrogens with one attached hydrogen (secondary N) is 1. The van der Waals surface area contributed by atoms with E-state index in [1.807, 2.05) is 30.3 Å². The highest BCUT2D eigenvalue weighted by Gasteiger charge is 2.23. The molecule has 30 heavy (non-hydrogen) atoms. The summed E-state index contributed by atoms with van der Waals surface area (Å²) in [5.74, 6) is -0.416. The summed E-state index contributed by atoms with van der Waals surface area (Å²) in [6.07, 6.45) is 1.42. The molecule has 0 bridgehead atoms. The first-order valence-electron chi connectivity index (χ1n) is 9.26. The first-order chi connectivity index (χ1) is 14.4. The third kappa shape index (κ3) is 5.25. The van der Waals surface area contributed by atoms with Gasteiger partial charge in [-0.25, -0.2) is 8.42 Å². The van der Waals surface area contributed by atoms with Crippen LogP contribution in [0.25, 0.3) is 0 Å². The van der Waals surface area contributed by atoms with E-state index in [-0.39, 0.29) is 12.1 Å². The van der Waals surface area contributed by atoms with Gasteiger partial charge in [-0.1, -0.05) is 54.6 Å². The average molecular weight is 420 g/mol. The fourth-order valence-electron chi connectivity index (χ4n) is 3.01. The van der Waals surface area contributed by atoms with Crippen molar-refractivity contribution in [2.24, 2.45) is 0 Å². The molecule has 3 aromatic rings. The molecule has 1 N–H and O–H groups in total. The van der Waals surface area contributed by atoms with Crippen molar-refractivity contribution < 1.29 is 13.2 Å². The standard InChI is InChI=1S/C23H21N3O3S/c1-30(28,29)26(17-19-7-3-2-4-8-19)22-10-6-5-9-21(22)23(27)25-20-13-11-18(12-14-20)15-16-24/h2-14H,15,17H2,1H3,(H,25,27). The first-order valence-corrected chi connectivity index (χ1v) is 11.1. The normalized spacial score (nSPS) is 10.8. The van der Waals surface area contributed by atoms with Gasteiger partial charge in [0.2, 0.25) is 10.0 Å². The van der Waals surface area contributed by atoms with Crippen LogP contribution in [-0.2, 0) is 23.0 Å². The van der Waals surface area contributed by atoms with Gasteiger partial charge in [0.05, 0.1) is 36.5 Å². The van der Waals surface area contributed by atoms with E-state index >= 15 is 0 Å². The van der Waals surface area contributed by atoms with Crippen molar-refractivity contribution in [1.82, 2.24) is 0 Å². The van der Waals surface area contributed by atoms with Gasteiger partial charge in [0.15, 0.2) is 0 Å². The lowest BCUT2D eigenvalue weighted by molar-refractivity contribution is 0.102. The predicted octanol–water partition coefficient (Wildman–Crippen LogP) is 3.97. The monoisotopic (exact) mass is 419 g/mol. The third-order valence-electron chi connectivity index (χ3n) is 4.48. The van der Waals surface area contributed by atoms with Gasteiger partial charge in [-0.15, -0.1) is 0 Å². The van der Waals surface area contributed by atoms with E-state index in [2.05, 4.69) is 11.4 Å². The molecule has 0 atom stereocenters. The van der Waals surface area contributed by atoms with Crippen molar-refractivity contribution >= 4 is 27.3 Å². The Morgan fingerprint density at radius 2 is 1.57 bits per heavy atom. The van der Waals surface area contributed by atoms with Gasteiger partial charge in [-0.2, -0.15) is 5.26 Å². The SMILES string of the molecule is CS(=O)(=O)N(Cc1ccccc1)c1ccccc1C(=O)Nc1ccc(CC#N)cc1. The minimum Gasteiger partial charge on any atom is -0.322 e. The van der Waals surface area contributed by atoms with E-state index in [1.165, 1.54) is 4.31 Å². The molecule has 3 aromatic carbocycles. The second-order valence-electron chi connectivity index (χ2n) is 6.76. The largest absolute Gasteiger partial charge is 0.322 e. The topological polar surface area (TPSA) is 90.3 Å². The highest BCUT2D eigenvalue weighted by molar-refractivity contribution is 7.92. The number of hydrogen-bond donors (Lipinski definition) is 1. The molecule has 0 aromatic heterocycles. The zero-order chi connectivity index (χ0) is 21.6. The number of para-hydroxylation sites is 1. The van der Waals surface area contributed by atoms with Crippen molar-refractivity contribution in [3.63, 3.8) is 0 Å². The smallest absolute Gasteiger partial charge is 0.257 e. The van der Waals surface area contributed by atoms with E-state index in [0.717, 1.165) is 17.4 Å². The molecule has 0 fully saturated rings. The summed E-state index contributed by atoms with van der Waals surface area (Å²) in [6, 6.07) is 24.9. The minimum absolute atomic E-state index is 0.118. The van der Waals surface area contributed by atoms with E-state index in [1.54, 1.807) is 48.5 Å². The Morgan fingerprint density at radius 3 is 2.20 bits per heavy atom. The highest BCUT2D eigenvalue weighted by Crippen LogP contribution is 2.26. The third-order valence-corrected chi connectivity index (χ3v) is 5.61. The fraction of sp³-hybridized carbons (Fsp3) is 0.130. The molecule has 0 spiro atoms. The minimum atomic E-state index is -3.63. The maximum absolute atomic E-state index is 12.9. The summed E-state index contributed by atoms with van der Waals surface area (Å²) < 4.78 is 26.3. The van der Waals surface area contributed by atoms with Crippen LogP contribution in [0.4, 0.5) is 11.4 Å². The Bertz CT molecular complexity index is 1170. The average Bonchev–Trinajstić information content (AvgIpc) is 2.73. The second kappa shape index (κ2) is 9.25. The number of nitriles is 1. The number of sulfonamides is 1. The number of anilines is 2. The summed E-state index contributed by atoms with van der Waals surface area (Å²) in [7, 11) is -3.63. The van der Waals surface area contributed by atoms with Crippen molar-refractivity contribution in [1.29, 1.82) is 5.26 Å². The Labute approximate surface area is 176 Å². The first kappa shape index (κ1) is 21.1. The van der Waals surface area contributed by atoms with Gasteiger partial charge >= 0.3 is 0 Å². The second-order valence-corrected chi connectivity index (χ2v) is 8.67. The van der Waals surface area contributed by atoms with Crippen LogP contribution in [0.15, 0.2) is 78.9 Å². The summed E-state index contributed by atoms with van der Waals surface area (Å²) >= 11 is 0. The molecule has 0 aliphatic carbocycles. The highest BCUT2D eigenvalue weighted by atomic mass is 32.2. The quantitative estimate of drug-likeness (QED) is 0.627. The molecule has 152 valence electrons. The number of rotatable bonds is 7. The number of carbonyl (C=O) groups excluding carboxylic acids is 1. The molecule has 7 heteroatoms. The summed E-state index contributed by atoms with van der Waals surface area (Å²) in [6.45, 7) is 0.118. The predicted molar refractivity (Wildman–Crippen MR) is 118 cm³/mol. The van der Waals surface area contributed by atoms with Crippen molar-refractivity contribution in [2.45, 2.75) is 13.0 Å². The Balaban J connectivity index is 1.91. The van der Waals surface area contributed by atoms with Crippen LogP contribution in [0.1, 0.15) is 21.5 Å². The molecule has 0 heterocycles. The summed E-state index contributed by atoms with van der Waals surface area (Å²) in [5.41, 5.74) is 2.78. The van der Waals surface area contributed by atoms with Crippen LogP contribution in [0, 0.1) is 11.3 Å². The lowest BCUT2D eigenvalue weighted by Gasteiger charge is -2.24. The van der Waals surface area contributed by atoms with Gasteiger partial charge in [0, 0.05) is 5.69 Å². The molecule has 0 saturated carbocycles. The number of amides is 1. The van der Waals surface area contributed by atoms with Crippen LogP contribution in [0.3, 0.4) is 0 Å². The number of nitrogens with zero attached hydrogens (tertiary/aromatic N) is 2. The molecular weight excluding hydrogens is 398 g/mol. The molecular formula is C23H21N3O3S. The van der Waals surface area contributed by atoms with E-state index < -0.39 is 15.9 Å². The molecule has 0 radical (unpaired) electrons. The number of benzene rings is 3.